The highest BCUT2D eigenvalue weighted by Gasteiger charge is 2.26. The Hall–Kier alpha value is -0.750. The van der Waals surface area contributed by atoms with Gasteiger partial charge >= 0.3 is 0 Å². The van der Waals surface area contributed by atoms with Crippen LogP contribution in [0.4, 0.5) is 8.78 Å². The maximum atomic E-state index is 13.6. The van der Waals surface area contributed by atoms with E-state index in [2.05, 4.69) is 15.1 Å². The normalized spacial score (nSPS) is 24.0. The molecule has 2 aliphatic rings. The predicted molar refractivity (Wildman–Crippen MR) is 81.7 cm³/mol. The zero-order valence-electron chi connectivity index (χ0n) is 12.0. The smallest absolute Gasteiger partial charge is 0.130 e. The molecule has 2 heterocycles. The van der Waals surface area contributed by atoms with Crippen molar-refractivity contribution in [1.82, 2.24) is 15.1 Å². The van der Waals surface area contributed by atoms with Crippen molar-refractivity contribution < 1.29 is 8.78 Å². The predicted octanol–water partition coefficient (Wildman–Crippen LogP) is 1.87. The molecule has 2 fully saturated rings. The van der Waals surface area contributed by atoms with E-state index in [1.54, 1.807) is 0 Å². The van der Waals surface area contributed by atoms with E-state index < -0.39 is 11.6 Å². The first-order valence-electron chi connectivity index (χ1n) is 7.34. The maximum Gasteiger partial charge on any atom is 0.130 e. The Morgan fingerprint density at radius 1 is 1.10 bits per heavy atom. The van der Waals surface area contributed by atoms with Crippen LogP contribution in [0.5, 0.6) is 0 Å². The summed E-state index contributed by atoms with van der Waals surface area (Å²) in [5, 5.41) is 3.38. The summed E-state index contributed by atoms with van der Waals surface area (Å²) in [4.78, 5) is 4.63. The summed E-state index contributed by atoms with van der Waals surface area (Å²) in [5.74, 6) is -0.875. The van der Waals surface area contributed by atoms with E-state index in [-0.39, 0.29) is 18.0 Å². The second-order valence-corrected chi connectivity index (χ2v) is 5.66. The summed E-state index contributed by atoms with van der Waals surface area (Å²) in [5.41, 5.74) is 0.198. The van der Waals surface area contributed by atoms with Crippen LogP contribution in [0.15, 0.2) is 18.2 Å². The van der Waals surface area contributed by atoms with Gasteiger partial charge in [0, 0.05) is 50.9 Å². The Morgan fingerprint density at radius 3 is 2.33 bits per heavy atom. The molecule has 0 saturated carbocycles. The molecule has 1 aromatic carbocycles. The Balaban J connectivity index is 0.00000161. The standard InChI is InChI=1S/C15H21F2N3.ClH/c16-14-2-1-3-15(17)13(14)11-19-6-8-20(9-7-19)12-4-5-18-10-12;/h1-3,12,18H,4-11H2;1H. The van der Waals surface area contributed by atoms with Crippen LogP contribution in [-0.2, 0) is 6.54 Å². The van der Waals surface area contributed by atoms with E-state index in [4.69, 9.17) is 0 Å². The monoisotopic (exact) mass is 317 g/mol. The number of benzene rings is 1. The van der Waals surface area contributed by atoms with Gasteiger partial charge in [-0.15, -0.1) is 12.4 Å². The van der Waals surface area contributed by atoms with Gasteiger partial charge in [0.15, 0.2) is 0 Å². The zero-order chi connectivity index (χ0) is 13.9. The third-order valence-corrected chi connectivity index (χ3v) is 4.40. The number of piperazine rings is 1. The van der Waals surface area contributed by atoms with Crippen molar-refractivity contribution in [3.05, 3.63) is 35.4 Å². The van der Waals surface area contributed by atoms with Crippen molar-refractivity contribution in [1.29, 1.82) is 0 Å². The zero-order valence-corrected chi connectivity index (χ0v) is 12.8. The minimum absolute atomic E-state index is 0. The van der Waals surface area contributed by atoms with Crippen LogP contribution in [-0.4, -0.2) is 55.1 Å². The van der Waals surface area contributed by atoms with Gasteiger partial charge in [0.05, 0.1) is 0 Å². The molecule has 0 bridgehead atoms. The number of nitrogens with zero attached hydrogens (tertiary/aromatic N) is 2. The van der Waals surface area contributed by atoms with E-state index in [1.807, 2.05) is 0 Å². The minimum Gasteiger partial charge on any atom is -0.315 e. The van der Waals surface area contributed by atoms with Crippen molar-refractivity contribution in [2.24, 2.45) is 0 Å². The van der Waals surface area contributed by atoms with E-state index in [1.165, 1.54) is 24.6 Å². The molecule has 3 nitrogen and oxygen atoms in total. The van der Waals surface area contributed by atoms with Crippen molar-refractivity contribution in [3.8, 4) is 0 Å². The molecule has 118 valence electrons. The van der Waals surface area contributed by atoms with Crippen LogP contribution in [0.3, 0.4) is 0 Å². The molecule has 1 N–H and O–H groups in total. The van der Waals surface area contributed by atoms with Crippen molar-refractivity contribution in [2.45, 2.75) is 19.0 Å². The molecule has 0 spiro atoms. The third kappa shape index (κ3) is 3.92. The molecular formula is C15H22ClF2N3. The molecule has 2 aliphatic heterocycles. The fraction of sp³-hybridized carbons (Fsp3) is 0.600. The Labute approximate surface area is 130 Å². The van der Waals surface area contributed by atoms with E-state index >= 15 is 0 Å². The molecule has 0 radical (unpaired) electrons. The highest BCUT2D eigenvalue weighted by atomic mass is 35.5. The van der Waals surface area contributed by atoms with Crippen molar-refractivity contribution >= 4 is 12.4 Å². The van der Waals surface area contributed by atoms with Crippen LogP contribution in [0.25, 0.3) is 0 Å². The molecule has 0 aliphatic carbocycles. The maximum absolute atomic E-state index is 13.6. The van der Waals surface area contributed by atoms with Gasteiger partial charge in [0.2, 0.25) is 0 Å². The quantitative estimate of drug-likeness (QED) is 0.918. The molecule has 1 atom stereocenters. The second kappa shape index (κ2) is 7.49. The van der Waals surface area contributed by atoms with Crippen molar-refractivity contribution in [3.63, 3.8) is 0 Å². The number of nitrogens with one attached hydrogen (secondary N) is 1. The lowest BCUT2D eigenvalue weighted by Crippen LogP contribution is -2.50. The number of rotatable bonds is 3. The van der Waals surface area contributed by atoms with Gasteiger partial charge in [-0.05, 0) is 25.1 Å². The minimum atomic E-state index is -0.438. The van der Waals surface area contributed by atoms with Gasteiger partial charge < -0.3 is 5.32 Å². The highest BCUT2D eigenvalue weighted by molar-refractivity contribution is 5.85. The molecule has 1 unspecified atom stereocenters. The first-order valence-corrected chi connectivity index (χ1v) is 7.34. The van der Waals surface area contributed by atoms with Gasteiger partial charge in [-0.2, -0.15) is 0 Å². The summed E-state index contributed by atoms with van der Waals surface area (Å²) in [7, 11) is 0. The summed E-state index contributed by atoms with van der Waals surface area (Å²) in [6.45, 7) is 6.28. The highest BCUT2D eigenvalue weighted by Crippen LogP contribution is 2.17. The number of hydrogen-bond acceptors (Lipinski definition) is 3. The van der Waals surface area contributed by atoms with Gasteiger partial charge in [0.25, 0.3) is 0 Å². The molecule has 3 rings (SSSR count). The molecule has 6 heteroatoms. The van der Waals surface area contributed by atoms with Crippen LogP contribution in [0.1, 0.15) is 12.0 Å². The van der Waals surface area contributed by atoms with Crippen LogP contribution < -0.4 is 5.32 Å². The molecule has 21 heavy (non-hydrogen) atoms. The number of halogens is 3. The molecule has 0 amide bonds. The SMILES string of the molecule is Cl.Fc1cccc(F)c1CN1CCN(C2CCNC2)CC1. The summed E-state index contributed by atoms with van der Waals surface area (Å²) < 4.78 is 27.3. The fourth-order valence-corrected chi connectivity index (χ4v) is 3.14. The lowest BCUT2D eigenvalue weighted by atomic mass is 10.1. The molecule has 2 saturated heterocycles. The average molecular weight is 318 g/mol. The second-order valence-electron chi connectivity index (χ2n) is 5.66. The van der Waals surface area contributed by atoms with Gasteiger partial charge in [-0.25, -0.2) is 8.78 Å². The number of hydrogen-bond donors (Lipinski definition) is 1. The Bertz CT molecular complexity index is 438. The van der Waals surface area contributed by atoms with Gasteiger partial charge in [-0.3, -0.25) is 9.80 Å². The van der Waals surface area contributed by atoms with Gasteiger partial charge in [-0.1, -0.05) is 6.07 Å². The fourth-order valence-electron chi connectivity index (χ4n) is 3.14. The largest absolute Gasteiger partial charge is 0.315 e. The van der Waals surface area contributed by atoms with Crippen LogP contribution >= 0.6 is 12.4 Å². The van der Waals surface area contributed by atoms with Crippen LogP contribution in [0, 0.1) is 11.6 Å². The summed E-state index contributed by atoms with van der Waals surface area (Å²) in [6.07, 6.45) is 1.21. The lowest BCUT2D eigenvalue weighted by molar-refractivity contribution is 0.0966. The van der Waals surface area contributed by atoms with E-state index in [0.717, 1.165) is 39.3 Å². The summed E-state index contributed by atoms with van der Waals surface area (Å²) >= 11 is 0. The molecule has 0 aromatic heterocycles. The first kappa shape index (κ1) is 16.6. The average Bonchev–Trinajstić information content (AvgIpc) is 2.98. The molecular weight excluding hydrogens is 296 g/mol. The summed E-state index contributed by atoms with van der Waals surface area (Å²) in [6, 6.07) is 4.72. The third-order valence-electron chi connectivity index (χ3n) is 4.40. The van der Waals surface area contributed by atoms with E-state index in [0.29, 0.717) is 12.6 Å². The van der Waals surface area contributed by atoms with Gasteiger partial charge in [0.1, 0.15) is 11.6 Å². The topological polar surface area (TPSA) is 18.5 Å². The lowest BCUT2D eigenvalue weighted by Gasteiger charge is -2.37. The van der Waals surface area contributed by atoms with E-state index in [9.17, 15) is 8.78 Å². The van der Waals surface area contributed by atoms with Crippen molar-refractivity contribution in [2.75, 3.05) is 39.3 Å². The Morgan fingerprint density at radius 2 is 1.76 bits per heavy atom. The Kier molecular flexibility index (Phi) is 5.93. The van der Waals surface area contributed by atoms with Crippen LogP contribution in [0.2, 0.25) is 0 Å². The first-order chi connectivity index (χ1) is 9.74. The molecule has 1 aromatic rings.